The summed E-state index contributed by atoms with van der Waals surface area (Å²) in [6, 6.07) is 0. The van der Waals surface area contributed by atoms with E-state index in [0.717, 1.165) is 31.6 Å². The minimum Gasteiger partial charge on any atom is -0.381 e. The zero-order chi connectivity index (χ0) is 13.7. The van der Waals surface area contributed by atoms with Gasteiger partial charge < -0.3 is 15.4 Å². The highest BCUT2D eigenvalue weighted by Crippen LogP contribution is 2.39. The van der Waals surface area contributed by atoms with Crippen LogP contribution < -0.4 is 5.73 Å². The van der Waals surface area contributed by atoms with E-state index >= 15 is 0 Å². The van der Waals surface area contributed by atoms with E-state index in [1.165, 1.54) is 51.6 Å². The van der Waals surface area contributed by atoms with E-state index in [1.807, 2.05) is 0 Å². The Bertz CT molecular complexity index is 265. The Morgan fingerprint density at radius 3 is 2.79 bits per heavy atom. The Balaban J connectivity index is 1.82. The van der Waals surface area contributed by atoms with Crippen LogP contribution in [0.25, 0.3) is 0 Å². The maximum atomic E-state index is 6.13. The number of hydrogen-bond donors (Lipinski definition) is 1. The molecule has 1 heterocycles. The summed E-state index contributed by atoms with van der Waals surface area (Å²) in [5, 5.41) is 0. The van der Waals surface area contributed by atoms with Gasteiger partial charge in [0.25, 0.3) is 0 Å². The normalized spacial score (nSPS) is 36.6. The molecule has 3 heteroatoms. The number of ether oxygens (including phenoxy) is 1. The molecule has 0 spiro atoms. The van der Waals surface area contributed by atoms with Gasteiger partial charge >= 0.3 is 0 Å². The van der Waals surface area contributed by atoms with E-state index in [1.54, 1.807) is 0 Å². The molecule has 3 atom stereocenters. The minimum absolute atomic E-state index is 0.377. The second-order valence-corrected chi connectivity index (χ2v) is 7.19. The topological polar surface area (TPSA) is 38.5 Å². The number of rotatable bonds is 5. The molecular formula is C16H32N2O. The summed E-state index contributed by atoms with van der Waals surface area (Å²) < 4.78 is 5.59. The minimum atomic E-state index is 0.377. The van der Waals surface area contributed by atoms with Crippen LogP contribution in [0.5, 0.6) is 0 Å². The maximum Gasteiger partial charge on any atom is 0.0506 e. The van der Waals surface area contributed by atoms with Crippen molar-refractivity contribution in [3.63, 3.8) is 0 Å². The van der Waals surface area contributed by atoms with Crippen LogP contribution in [0, 0.1) is 17.3 Å². The van der Waals surface area contributed by atoms with Crippen molar-refractivity contribution in [2.75, 3.05) is 39.9 Å². The second kappa shape index (κ2) is 7.05. The van der Waals surface area contributed by atoms with Gasteiger partial charge in [-0.2, -0.15) is 0 Å². The van der Waals surface area contributed by atoms with Gasteiger partial charge in [0.1, 0.15) is 0 Å². The number of nitrogens with zero attached hydrogens (tertiary/aromatic N) is 1. The molecule has 112 valence electrons. The summed E-state index contributed by atoms with van der Waals surface area (Å²) in [6.45, 7) is 7.50. The van der Waals surface area contributed by atoms with Crippen molar-refractivity contribution in [1.82, 2.24) is 4.90 Å². The average Bonchev–Trinajstić information content (AvgIpc) is 2.39. The van der Waals surface area contributed by atoms with Crippen LogP contribution in [0.3, 0.4) is 0 Å². The van der Waals surface area contributed by atoms with Crippen molar-refractivity contribution in [3.8, 4) is 0 Å². The molecule has 3 unspecified atom stereocenters. The average molecular weight is 268 g/mol. The molecule has 19 heavy (non-hydrogen) atoms. The molecule has 0 bridgehead atoms. The molecule has 0 aromatic rings. The molecule has 2 fully saturated rings. The third-order valence-electron chi connectivity index (χ3n) is 5.05. The fourth-order valence-electron chi connectivity index (χ4n) is 4.19. The lowest BCUT2D eigenvalue weighted by Gasteiger charge is -2.42. The van der Waals surface area contributed by atoms with E-state index in [0.29, 0.717) is 5.41 Å². The van der Waals surface area contributed by atoms with Gasteiger partial charge in [-0.05, 0) is 56.5 Å². The maximum absolute atomic E-state index is 6.13. The van der Waals surface area contributed by atoms with Crippen molar-refractivity contribution in [1.29, 1.82) is 0 Å². The van der Waals surface area contributed by atoms with Gasteiger partial charge in [0.15, 0.2) is 0 Å². The largest absolute Gasteiger partial charge is 0.381 e. The molecule has 0 aromatic heterocycles. The predicted octanol–water partition coefficient (Wildman–Crippen LogP) is 2.50. The lowest BCUT2D eigenvalue weighted by molar-refractivity contribution is 0.0295. The van der Waals surface area contributed by atoms with E-state index < -0.39 is 0 Å². The third kappa shape index (κ3) is 4.44. The Kier molecular flexibility index (Phi) is 5.67. The highest BCUT2D eigenvalue weighted by atomic mass is 16.5. The summed E-state index contributed by atoms with van der Waals surface area (Å²) in [5.74, 6) is 1.58. The highest BCUT2D eigenvalue weighted by Gasteiger charge is 2.35. The van der Waals surface area contributed by atoms with Gasteiger partial charge in [0.2, 0.25) is 0 Å². The van der Waals surface area contributed by atoms with Crippen molar-refractivity contribution < 1.29 is 4.74 Å². The van der Waals surface area contributed by atoms with Crippen LogP contribution in [0.1, 0.15) is 45.4 Å². The summed E-state index contributed by atoms with van der Waals surface area (Å²) in [5.41, 5.74) is 6.51. The van der Waals surface area contributed by atoms with Gasteiger partial charge in [0, 0.05) is 19.7 Å². The van der Waals surface area contributed by atoms with Crippen molar-refractivity contribution >= 4 is 0 Å². The van der Waals surface area contributed by atoms with Crippen LogP contribution in [-0.2, 0) is 4.74 Å². The monoisotopic (exact) mass is 268 g/mol. The molecule has 1 aliphatic carbocycles. The Labute approximate surface area is 118 Å². The summed E-state index contributed by atoms with van der Waals surface area (Å²) >= 11 is 0. The van der Waals surface area contributed by atoms with Crippen molar-refractivity contribution in [3.05, 3.63) is 0 Å². The van der Waals surface area contributed by atoms with Crippen LogP contribution in [-0.4, -0.2) is 44.8 Å². The van der Waals surface area contributed by atoms with Crippen LogP contribution in [0.4, 0.5) is 0 Å². The first-order chi connectivity index (χ1) is 9.13. The first-order valence-electron chi connectivity index (χ1n) is 8.10. The summed E-state index contributed by atoms with van der Waals surface area (Å²) in [6.07, 6.45) is 7.95. The van der Waals surface area contributed by atoms with Crippen molar-refractivity contribution in [2.24, 2.45) is 23.0 Å². The zero-order valence-corrected chi connectivity index (χ0v) is 12.9. The van der Waals surface area contributed by atoms with Gasteiger partial charge in [-0.15, -0.1) is 0 Å². The van der Waals surface area contributed by atoms with Gasteiger partial charge in [0.05, 0.1) is 6.61 Å². The molecule has 2 N–H and O–H groups in total. The Hall–Kier alpha value is -0.120. The van der Waals surface area contributed by atoms with Gasteiger partial charge in [-0.3, -0.25) is 0 Å². The lowest BCUT2D eigenvalue weighted by Crippen LogP contribution is -2.45. The van der Waals surface area contributed by atoms with Gasteiger partial charge in [-0.25, -0.2) is 0 Å². The fourth-order valence-corrected chi connectivity index (χ4v) is 4.19. The standard InChI is InChI=1S/C16H32N2O/c1-14-5-3-7-16(9-14,12-17)13-18(2)10-15-6-4-8-19-11-15/h14-15H,3-13,17H2,1-2H3. The summed E-state index contributed by atoms with van der Waals surface area (Å²) in [7, 11) is 2.27. The van der Waals surface area contributed by atoms with E-state index in [2.05, 4.69) is 18.9 Å². The molecule has 3 nitrogen and oxygen atoms in total. The molecule has 1 aliphatic heterocycles. The smallest absolute Gasteiger partial charge is 0.0506 e. The summed E-state index contributed by atoms with van der Waals surface area (Å²) in [4.78, 5) is 2.52. The Morgan fingerprint density at radius 2 is 2.16 bits per heavy atom. The third-order valence-corrected chi connectivity index (χ3v) is 5.05. The molecule has 0 aromatic carbocycles. The molecule has 1 saturated heterocycles. The molecular weight excluding hydrogens is 236 g/mol. The molecule has 1 saturated carbocycles. The first kappa shape index (κ1) is 15.3. The highest BCUT2D eigenvalue weighted by molar-refractivity contribution is 4.88. The van der Waals surface area contributed by atoms with E-state index in [9.17, 15) is 0 Å². The zero-order valence-electron chi connectivity index (χ0n) is 12.9. The van der Waals surface area contributed by atoms with Crippen LogP contribution in [0.15, 0.2) is 0 Å². The Morgan fingerprint density at radius 1 is 1.32 bits per heavy atom. The van der Waals surface area contributed by atoms with Crippen LogP contribution >= 0.6 is 0 Å². The quantitative estimate of drug-likeness (QED) is 0.832. The molecule has 0 amide bonds. The van der Waals surface area contributed by atoms with Crippen LogP contribution in [0.2, 0.25) is 0 Å². The fraction of sp³-hybridized carbons (Fsp3) is 1.00. The SMILES string of the molecule is CC1CCCC(CN)(CN(C)CC2CCCOC2)C1. The molecule has 0 radical (unpaired) electrons. The molecule has 2 rings (SSSR count). The second-order valence-electron chi connectivity index (χ2n) is 7.19. The molecule has 2 aliphatic rings. The van der Waals surface area contributed by atoms with Gasteiger partial charge in [-0.1, -0.05) is 19.8 Å². The lowest BCUT2D eigenvalue weighted by atomic mass is 9.69. The number of nitrogens with two attached hydrogens (primary N) is 1. The predicted molar refractivity (Wildman–Crippen MR) is 80.2 cm³/mol. The number of hydrogen-bond acceptors (Lipinski definition) is 3. The van der Waals surface area contributed by atoms with E-state index in [4.69, 9.17) is 10.5 Å². The van der Waals surface area contributed by atoms with E-state index in [-0.39, 0.29) is 0 Å². The first-order valence-corrected chi connectivity index (χ1v) is 8.10. The van der Waals surface area contributed by atoms with Crippen molar-refractivity contribution in [2.45, 2.75) is 45.4 Å².